The molecule has 2 rings (SSSR count). The molecule has 0 spiro atoms. The van der Waals surface area contributed by atoms with Crippen LogP contribution in [-0.4, -0.2) is 55.7 Å². The first kappa shape index (κ1) is 32.5. The van der Waals surface area contributed by atoms with Gasteiger partial charge in [-0.1, -0.05) is 38.0 Å². The maximum absolute atomic E-state index is 14.5. The summed E-state index contributed by atoms with van der Waals surface area (Å²) in [6.07, 6.45) is 13.4. The van der Waals surface area contributed by atoms with Gasteiger partial charge in [0.2, 0.25) is 0 Å². The van der Waals surface area contributed by atoms with Crippen LogP contribution in [0.2, 0.25) is 0 Å². The molecule has 1 aromatic rings. The molecule has 2 heterocycles. The molecule has 1 aliphatic rings. The van der Waals surface area contributed by atoms with E-state index in [4.69, 9.17) is 10.7 Å². The lowest BCUT2D eigenvalue weighted by Crippen LogP contribution is -2.55. The number of nitrogens with two attached hydrogens (primary N) is 1. The first-order chi connectivity index (χ1) is 18.8. The molecule has 1 aromatic heterocycles. The Kier molecular flexibility index (Phi) is 14.3. The van der Waals surface area contributed by atoms with E-state index >= 15 is 0 Å². The van der Waals surface area contributed by atoms with E-state index in [1.807, 2.05) is 32.3 Å². The molecule has 0 amide bonds. The number of aliphatic imine (C=N–C) groups is 2. The van der Waals surface area contributed by atoms with Gasteiger partial charge in [0.05, 0.1) is 11.9 Å². The Labute approximate surface area is 236 Å². The number of nitrogens with zero attached hydrogens (tertiary/aromatic N) is 4. The molecule has 0 aromatic carbocycles. The van der Waals surface area contributed by atoms with Crippen LogP contribution >= 0.6 is 9.24 Å². The lowest BCUT2D eigenvalue weighted by Gasteiger charge is -2.50. The normalized spacial score (nSPS) is 17.2. The predicted molar refractivity (Wildman–Crippen MR) is 169 cm³/mol. The highest BCUT2D eigenvalue weighted by Crippen LogP contribution is 2.39. The molecule has 9 heteroatoms. The fourth-order valence-electron chi connectivity index (χ4n) is 4.94. The Morgan fingerprint density at radius 2 is 2.08 bits per heavy atom. The molecule has 214 valence electrons. The summed E-state index contributed by atoms with van der Waals surface area (Å²) in [4.78, 5) is 15.3. The first-order valence-electron chi connectivity index (χ1n) is 13.8. The van der Waals surface area contributed by atoms with Crippen LogP contribution in [0.15, 0.2) is 75.2 Å². The molecule has 39 heavy (non-hydrogen) atoms. The van der Waals surface area contributed by atoms with Crippen molar-refractivity contribution in [1.29, 1.82) is 0 Å². The lowest BCUT2D eigenvalue weighted by atomic mass is 9.74. The van der Waals surface area contributed by atoms with E-state index < -0.39 is 5.83 Å². The summed E-state index contributed by atoms with van der Waals surface area (Å²) < 4.78 is 14.5. The SMILES string of the molecule is C=N/C=C(F)/C=C(\C=C(/C)CCCNC)C(=NCNc1ccc(CN2CC(CC)(CCC)C2)cn1)/C(P)=C\N. The average molecular weight is 556 g/mol. The van der Waals surface area contributed by atoms with Crippen LogP contribution in [0, 0.1) is 5.41 Å². The number of aromatic nitrogens is 1. The van der Waals surface area contributed by atoms with Crippen molar-refractivity contribution in [2.45, 2.75) is 59.4 Å². The van der Waals surface area contributed by atoms with E-state index in [0.717, 1.165) is 43.5 Å². The first-order valence-corrected chi connectivity index (χ1v) is 14.4. The summed E-state index contributed by atoms with van der Waals surface area (Å²) in [6.45, 7) is 14.4. The average Bonchev–Trinajstić information content (AvgIpc) is 2.90. The molecular weight excluding hydrogens is 508 g/mol. The second-order valence-corrected chi connectivity index (χ2v) is 10.9. The zero-order chi connectivity index (χ0) is 28.7. The number of likely N-dealkylation sites (tertiary alicyclic amines) is 1. The van der Waals surface area contributed by atoms with Crippen LogP contribution in [0.4, 0.5) is 10.2 Å². The van der Waals surface area contributed by atoms with Crippen LogP contribution in [0.1, 0.15) is 58.4 Å². The minimum atomic E-state index is -0.514. The summed E-state index contributed by atoms with van der Waals surface area (Å²) in [5.41, 5.74) is 9.81. The number of hydrogen-bond acceptors (Lipinski definition) is 7. The fraction of sp³-hybridized carbons (Fsp3) is 0.500. The molecule has 0 radical (unpaired) electrons. The van der Waals surface area contributed by atoms with Gasteiger partial charge < -0.3 is 16.4 Å². The standard InChI is InChI=1S/C30H47FN7P/c1-6-12-30(7-2)20-38(21-30)19-24-10-11-28(35-17-24)36-22-37-29(27(39)16-32)25(15-26(31)18-34-5)14-23(3)9-8-13-33-4/h10-11,14-18,33H,5-9,12-13,19-22,32,39H2,1-4H3,(H,35,36)/b23-14+,25-15+,26-18-,27-16+,37-29?. The molecule has 4 N–H and O–H groups in total. The van der Waals surface area contributed by atoms with Crippen molar-refractivity contribution in [2.75, 3.05) is 38.7 Å². The highest BCUT2D eigenvalue weighted by Gasteiger charge is 2.40. The zero-order valence-corrected chi connectivity index (χ0v) is 25.3. The summed E-state index contributed by atoms with van der Waals surface area (Å²) in [7, 11) is 4.51. The largest absolute Gasteiger partial charge is 0.404 e. The van der Waals surface area contributed by atoms with Gasteiger partial charge >= 0.3 is 0 Å². The topological polar surface area (TPSA) is 90.9 Å². The third kappa shape index (κ3) is 10.8. The minimum Gasteiger partial charge on any atom is -0.404 e. The van der Waals surface area contributed by atoms with Gasteiger partial charge in [0.25, 0.3) is 0 Å². The Hall–Kier alpha value is -2.67. The molecule has 7 nitrogen and oxygen atoms in total. The summed E-state index contributed by atoms with van der Waals surface area (Å²) in [5.74, 6) is 0.215. The number of hydrogen-bond donors (Lipinski definition) is 3. The van der Waals surface area contributed by atoms with Crippen LogP contribution in [0.25, 0.3) is 0 Å². The Morgan fingerprint density at radius 1 is 1.31 bits per heavy atom. The molecule has 0 saturated carbocycles. The van der Waals surface area contributed by atoms with E-state index in [1.54, 1.807) is 0 Å². The van der Waals surface area contributed by atoms with Gasteiger partial charge in [0.1, 0.15) is 18.3 Å². The molecule has 0 bridgehead atoms. The maximum Gasteiger partial charge on any atom is 0.142 e. The highest BCUT2D eigenvalue weighted by atomic mass is 31.0. The molecule has 0 aliphatic carbocycles. The van der Waals surface area contributed by atoms with Crippen molar-refractivity contribution < 1.29 is 4.39 Å². The van der Waals surface area contributed by atoms with Gasteiger partial charge in [-0.3, -0.25) is 14.9 Å². The van der Waals surface area contributed by atoms with Gasteiger partial charge in [0.15, 0.2) is 0 Å². The molecule has 1 atom stereocenters. The summed E-state index contributed by atoms with van der Waals surface area (Å²) in [6, 6.07) is 4.09. The number of anilines is 1. The van der Waals surface area contributed by atoms with E-state index in [-0.39, 0.29) is 6.67 Å². The van der Waals surface area contributed by atoms with Gasteiger partial charge in [-0.25, -0.2) is 9.37 Å². The molecule has 1 fully saturated rings. The summed E-state index contributed by atoms with van der Waals surface area (Å²) in [5, 5.41) is 7.05. The van der Waals surface area contributed by atoms with E-state index in [1.165, 1.54) is 50.2 Å². The highest BCUT2D eigenvalue weighted by molar-refractivity contribution is 7.25. The van der Waals surface area contributed by atoms with E-state index in [9.17, 15) is 4.39 Å². The Balaban J connectivity index is 2.11. The van der Waals surface area contributed by atoms with Crippen molar-refractivity contribution in [1.82, 2.24) is 15.2 Å². The number of rotatable bonds is 17. The molecule has 1 saturated heterocycles. The van der Waals surface area contributed by atoms with E-state index in [0.29, 0.717) is 22.0 Å². The van der Waals surface area contributed by atoms with Crippen LogP contribution in [0.3, 0.4) is 0 Å². The minimum absolute atomic E-state index is 0.255. The Morgan fingerprint density at radius 3 is 2.67 bits per heavy atom. The van der Waals surface area contributed by atoms with Gasteiger partial charge in [-0.05, 0) is 76.0 Å². The molecule has 1 aliphatic heterocycles. The second-order valence-electron chi connectivity index (χ2n) is 10.3. The fourth-order valence-corrected chi connectivity index (χ4v) is 5.20. The molecular formula is C30H47FN7P. The Bertz CT molecular complexity index is 1070. The smallest absolute Gasteiger partial charge is 0.142 e. The molecule has 1 unspecified atom stereocenters. The second kappa shape index (κ2) is 17.1. The van der Waals surface area contributed by atoms with Crippen molar-refractivity contribution in [3.63, 3.8) is 0 Å². The number of halogens is 1. The number of pyridine rings is 1. The van der Waals surface area contributed by atoms with Crippen molar-refractivity contribution >= 4 is 27.5 Å². The monoisotopic (exact) mass is 555 g/mol. The number of allylic oxidation sites excluding steroid dienone is 6. The number of nitrogens with one attached hydrogen (secondary N) is 2. The van der Waals surface area contributed by atoms with Crippen LogP contribution in [-0.2, 0) is 6.54 Å². The predicted octanol–water partition coefficient (Wildman–Crippen LogP) is 5.96. The lowest BCUT2D eigenvalue weighted by molar-refractivity contribution is -0.0162. The van der Waals surface area contributed by atoms with E-state index in [2.05, 4.69) is 61.4 Å². The van der Waals surface area contributed by atoms with Crippen LogP contribution in [0.5, 0.6) is 0 Å². The van der Waals surface area contributed by atoms with Crippen molar-refractivity contribution in [2.24, 2.45) is 21.1 Å². The third-order valence-corrected chi connectivity index (χ3v) is 7.48. The van der Waals surface area contributed by atoms with Gasteiger partial charge in [0, 0.05) is 42.9 Å². The maximum atomic E-state index is 14.5. The van der Waals surface area contributed by atoms with Crippen molar-refractivity contribution in [3.8, 4) is 0 Å². The summed E-state index contributed by atoms with van der Waals surface area (Å²) >= 11 is 0. The van der Waals surface area contributed by atoms with Gasteiger partial charge in [-0.15, -0.1) is 9.24 Å². The van der Waals surface area contributed by atoms with Crippen molar-refractivity contribution in [3.05, 3.63) is 70.7 Å². The van der Waals surface area contributed by atoms with Crippen LogP contribution < -0.4 is 16.4 Å². The zero-order valence-electron chi connectivity index (χ0n) is 24.1. The quantitative estimate of drug-likeness (QED) is 0.0955. The van der Waals surface area contributed by atoms with Gasteiger partial charge in [-0.2, -0.15) is 0 Å². The third-order valence-electron chi connectivity index (χ3n) is 7.01.